The standard InChI is InChI=1S/C20H24N6/c1-16-9-10-20(24-23-16)25-11-5-6-18(15-25)21-12-17-13-22-26(14-17)19-7-3-2-4-8-19/h2-4,7-10,13-14,18,21H,5-6,11-12,15H2,1H3. The van der Waals surface area contributed by atoms with Gasteiger partial charge in [-0.25, -0.2) is 4.68 Å². The van der Waals surface area contributed by atoms with Crippen LogP contribution in [-0.4, -0.2) is 39.1 Å². The van der Waals surface area contributed by atoms with E-state index in [-0.39, 0.29) is 0 Å². The lowest BCUT2D eigenvalue weighted by Gasteiger charge is -2.33. The number of aromatic nitrogens is 4. The molecule has 1 atom stereocenters. The van der Waals surface area contributed by atoms with E-state index in [4.69, 9.17) is 0 Å². The number of nitrogens with one attached hydrogen (secondary N) is 1. The fourth-order valence-corrected chi connectivity index (χ4v) is 3.35. The third-order valence-corrected chi connectivity index (χ3v) is 4.78. The monoisotopic (exact) mass is 348 g/mol. The summed E-state index contributed by atoms with van der Waals surface area (Å²) in [4.78, 5) is 2.32. The van der Waals surface area contributed by atoms with Crippen molar-refractivity contribution in [3.05, 3.63) is 66.1 Å². The predicted octanol–water partition coefficient (Wildman–Crippen LogP) is 2.73. The normalized spacial score (nSPS) is 17.4. The molecular weight excluding hydrogens is 324 g/mol. The topological polar surface area (TPSA) is 58.9 Å². The molecular formula is C20H24N6. The molecule has 4 rings (SSSR count). The van der Waals surface area contributed by atoms with E-state index in [1.807, 2.05) is 42.1 Å². The number of hydrogen-bond acceptors (Lipinski definition) is 5. The second-order valence-electron chi connectivity index (χ2n) is 6.83. The first-order chi connectivity index (χ1) is 12.8. The maximum Gasteiger partial charge on any atom is 0.151 e. The van der Waals surface area contributed by atoms with Gasteiger partial charge in [0.05, 0.1) is 17.6 Å². The van der Waals surface area contributed by atoms with Gasteiger partial charge in [-0.3, -0.25) is 0 Å². The minimum atomic E-state index is 0.451. The van der Waals surface area contributed by atoms with E-state index in [1.54, 1.807) is 0 Å². The zero-order valence-corrected chi connectivity index (χ0v) is 15.0. The molecule has 3 aromatic rings. The quantitative estimate of drug-likeness (QED) is 0.768. The smallest absolute Gasteiger partial charge is 0.151 e. The van der Waals surface area contributed by atoms with E-state index in [2.05, 4.69) is 49.9 Å². The van der Waals surface area contributed by atoms with E-state index >= 15 is 0 Å². The molecule has 1 aliphatic rings. The zero-order valence-electron chi connectivity index (χ0n) is 15.0. The fourth-order valence-electron chi connectivity index (χ4n) is 3.35. The summed E-state index contributed by atoms with van der Waals surface area (Å²) in [6, 6.07) is 14.7. The van der Waals surface area contributed by atoms with E-state index in [0.717, 1.165) is 43.3 Å². The molecule has 2 aromatic heterocycles. The van der Waals surface area contributed by atoms with Crippen LogP contribution in [0, 0.1) is 6.92 Å². The lowest BCUT2D eigenvalue weighted by atomic mass is 10.1. The van der Waals surface area contributed by atoms with Gasteiger partial charge in [-0.2, -0.15) is 10.2 Å². The van der Waals surface area contributed by atoms with E-state index in [1.165, 1.54) is 12.0 Å². The molecule has 0 amide bonds. The van der Waals surface area contributed by atoms with Crippen molar-refractivity contribution in [2.24, 2.45) is 0 Å². The summed E-state index contributed by atoms with van der Waals surface area (Å²) >= 11 is 0. The number of para-hydroxylation sites is 1. The third kappa shape index (κ3) is 3.91. The highest BCUT2D eigenvalue weighted by Crippen LogP contribution is 2.17. The van der Waals surface area contributed by atoms with Gasteiger partial charge in [0.15, 0.2) is 5.82 Å². The summed E-state index contributed by atoms with van der Waals surface area (Å²) in [6.45, 7) is 4.80. The van der Waals surface area contributed by atoms with Crippen molar-refractivity contribution < 1.29 is 0 Å². The molecule has 0 spiro atoms. The first-order valence-electron chi connectivity index (χ1n) is 9.15. The largest absolute Gasteiger partial charge is 0.354 e. The highest BCUT2D eigenvalue weighted by Gasteiger charge is 2.20. The van der Waals surface area contributed by atoms with Crippen LogP contribution < -0.4 is 10.2 Å². The summed E-state index contributed by atoms with van der Waals surface area (Å²) in [6.07, 6.45) is 6.37. The first-order valence-corrected chi connectivity index (χ1v) is 9.15. The minimum absolute atomic E-state index is 0.451. The molecule has 1 fully saturated rings. The van der Waals surface area contributed by atoms with Crippen molar-refractivity contribution in [2.45, 2.75) is 32.4 Å². The lowest BCUT2D eigenvalue weighted by molar-refractivity contribution is 0.419. The van der Waals surface area contributed by atoms with Crippen LogP contribution in [0.1, 0.15) is 24.1 Å². The molecule has 1 N–H and O–H groups in total. The first kappa shape index (κ1) is 16.7. The number of nitrogens with zero attached hydrogens (tertiary/aromatic N) is 5. The van der Waals surface area contributed by atoms with E-state index in [0.29, 0.717) is 6.04 Å². The Balaban J connectivity index is 1.34. The average Bonchev–Trinajstić information content (AvgIpc) is 3.17. The van der Waals surface area contributed by atoms with Gasteiger partial charge in [-0.05, 0) is 44.0 Å². The van der Waals surface area contributed by atoms with Crippen molar-refractivity contribution in [1.82, 2.24) is 25.3 Å². The molecule has 3 heterocycles. The lowest BCUT2D eigenvalue weighted by Crippen LogP contribution is -2.45. The Morgan fingerprint density at radius 1 is 1.12 bits per heavy atom. The zero-order chi connectivity index (χ0) is 17.8. The number of aryl methyl sites for hydroxylation is 1. The van der Waals surface area contributed by atoms with Crippen LogP contribution in [0.5, 0.6) is 0 Å². The van der Waals surface area contributed by atoms with Crippen LogP contribution in [0.25, 0.3) is 5.69 Å². The number of piperidine rings is 1. The maximum atomic E-state index is 4.47. The van der Waals surface area contributed by atoms with Crippen molar-refractivity contribution in [3.63, 3.8) is 0 Å². The summed E-state index contributed by atoms with van der Waals surface area (Å²) < 4.78 is 1.92. The van der Waals surface area contributed by atoms with Gasteiger partial charge in [-0.15, -0.1) is 5.10 Å². The molecule has 0 radical (unpaired) electrons. The second-order valence-corrected chi connectivity index (χ2v) is 6.83. The van der Waals surface area contributed by atoms with Crippen LogP contribution in [-0.2, 0) is 6.54 Å². The maximum absolute atomic E-state index is 4.47. The molecule has 0 saturated carbocycles. The van der Waals surface area contributed by atoms with Gasteiger partial charge in [0.1, 0.15) is 0 Å². The highest BCUT2D eigenvalue weighted by molar-refractivity contribution is 5.38. The van der Waals surface area contributed by atoms with Crippen LogP contribution in [0.15, 0.2) is 54.9 Å². The Hall–Kier alpha value is -2.73. The second kappa shape index (κ2) is 7.66. The number of rotatable bonds is 5. The summed E-state index contributed by atoms with van der Waals surface area (Å²) in [5.74, 6) is 0.971. The third-order valence-electron chi connectivity index (χ3n) is 4.78. The predicted molar refractivity (Wildman–Crippen MR) is 102 cm³/mol. The SMILES string of the molecule is Cc1ccc(N2CCCC(NCc3cnn(-c4ccccc4)c3)C2)nn1. The molecule has 26 heavy (non-hydrogen) atoms. The average molecular weight is 348 g/mol. The number of hydrogen-bond donors (Lipinski definition) is 1. The highest BCUT2D eigenvalue weighted by atomic mass is 15.3. The number of benzene rings is 1. The molecule has 1 saturated heterocycles. The Bertz CT molecular complexity index is 827. The summed E-state index contributed by atoms with van der Waals surface area (Å²) in [5.41, 5.74) is 3.23. The molecule has 0 bridgehead atoms. The van der Waals surface area contributed by atoms with Gasteiger partial charge in [0.25, 0.3) is 0 Å². The van der Waals surface area contributed by atoms with Crippen molar-refractivity contribution >= 4 is 5.82 Å². The summed E-state index contributed by atoms with van der Waals surface area (Å²) in [7, 11) is 0. The minimum Gasteiger partial charge on any atom is -0.354 e. The van der Waals surface area contributed by atoms with Crippen LogP contribution in [0.4, 0.5) is 5.82 Å². The van der Waals surface area contributed by atoms with E-state index < -0.39 is 0 Å². The van der Waals surface area contributed by atoms with Crippen LogP contribution >= 0.6 is 0 Å². The molecule has 6 nitrogen and oxygen atoms in total. The molecule has 1 aliphatic heterocycles. The van der Waals surface area contributed by atoms with Gasteiger partial charge < -0.3 is 10.2 Å². The summed E-state index contributed by atoms with van der Waals surface area (Å²) in [5, 5.41) is 16.6. The van der Waals surface area contributed by atoms with Crippen LogP contribution in [0.3, 0.4) is 0 Å². The van der Waals surface area contributed by atoms with Gasteiger partial charge in [0.2, 0.25) is 0 Å². The number of anilines is 1. The Kier molecular flexibility index (Phi) is 4.93. The Morgan fingerprint density at radius 3 is 2.81 bits per heavy atom. The fraction of sp³-hybridized carbons (Fsp3) is 0.350. The molecule has 0 aliphatic carbocycles. The Morgan fingerprint density at radius 2 is 2.00 bits per heavy atom. The van der Waals surface area contributed by atoms with Gasteiger partial charge in [-0.1, -0.05) is 18.2 Å². The van der Waals surface area contributed by atoms with Crippen molar-refractivity contribution in [1.29, 1.82) is 0 Å². The van der Waals surface area contributed by atoms with Gasteiger partial charge >= 0.3 is 0 Å². The van der Waals surface area contributed by atoms with E-state index in [9.17, 15) is 0 Å². The van der Waals surface area contributed by atoms with Crippen molar-refractivity contribution in [3.8, 4) is 5.69 Å². The molecule has 1 aromatic carbocycles. The van der Waals surface area contributed by atoms with Gasteiger partial charge in [0, 0.05) is 37.4 Å². The molecule has 134 valence electrons. The Labute approximate surface area is 153 Å². The molecule has 1 unspecified atom stereocenters. The molecule has 6 heteroatoms. The van der Waals surface area contributed by atoms with Crippen molar-refractivity contribution in [2.75, 3.05) is 18.0 Å². The van der Waals surface area contributed by atoms with Crippen LogP contribution in [0.2, 0.25) is 0 Å².